The molecule has 5 heteroatoms. The maximum Gasteiger partial charge on any atom is 0.254 e. The number of nitrogens with zero attached hydrogens (tertiary/aromatic N) is 3. The predicted molar refractivity (Wildman–Crippen MR) is 78.7 cm³/mol. The fraction of sp³-hybridized carbons (Fsp3) is 0.467. The second kappa shape index (κ2) is 5.25. The first-order valence-electron chi connectivity index (χ1n) is 7.08. The van der Waals surface area contributed by atoms with Crippen molar-refractivity contribution >= 4 is 16.8 Å². The number of benzene rings is 1. The number of aromatic nitrogens is 2. The summed E-state index contributed by atoms with van der Waals surface area (Å²) in [5.74, 6) is 0.115. The third-order valence-electron chi connectivity index (χ3n) is 4.00. The lowest BCUT2D eigenvalue weighted by atomic mass is 10.1. The zero-order valence-electron chi connectivity index (χ0n) is 12.0. The van der Waals surface area contributed by atoms with Crippen molar-refractivity contribution < 1.29 is 4.79 Å². The van der Waals surface area contributed by atoms with Crippen molar-refractivity contribution in [2.24, 2.45) is 0 Å². The van der Waals surface area contributed by atoms with Crippen LogP contribution in [0.5, 0.6) is 0 Å². The van der Waals surface area contributed by atoms with Gasteiger partial charge in [0.05, 0.1) is 11.7 Å². The third kappa shape index (κ3) is 2.41. The van der Waals surface area contributed by atoms with Crippen LogP contribution < -0.4 is 0 Å². The van der Waals surface area contributed by atoms with Crippen LogP contribution in [-0.4, -0.2) is 58.6 Å². The Morgan fingerprint density at radius 2 is 2.25 bits per heavy atom. The number of carbonyl (C=O) groups is 1. The molecule has 0 aliphatic carbocycles. The van der Waals surface area contributed by atoms with Gasteiger partial charge in [0.2, 0.25) is 0 Å². The van der Waals surface area contributed by atoms with E-state index in [1.807, 2.05) is 23.1 Å². The Kier molecular flexibility index (Phi) is 3.44. The summed E-state index contributed by atoms with van der Waals surface area (Å²) in [6.45, 7) is 4.92. The lowest BCUT2D eigenvalue weighted by Gasteiger charge is -2.28. The predicted octanol–water partition coefficient (Wildman–Crippen LogP) is 1.73. The molecule has 1 aromatic carbocycles. The minimum absolute atomic E-state index is 0.115. The van der Waals surface area contributed by atoms with Gasteiger partial charge < -0.3 is 9.80 Å². The van der Waals surface area contributed by atoms with Gasteiger partial charge in [-0.25, -0.2) is 0 Å². The summed E-state index contributed by atoms with van der Waals surface area (Å²) in [7, 11) is 2.11. The van der Waals surface area contributed by atoms with Gasteiger partial charge in [-0.2, -0.15) is 5.10 Å². The second-order valence-electron chi connectivity index (χ2n) is 5.64. The van der Waals surface area contributed by atoms with E-state index in [4.69, 9.17) is 0 Å². The van der Waals surface area contributed by atoms with Crippen molar-refractivity contribution in [2.75, 3.05) is 26.7 Å². The number of nitrogens with one attached hydrogen (secondary N) is 1. The average Bonchev–Trinajstić information content (AvgIpc) is 2.83. The monoisotopic (exact) mass is 272 g/mol. The van der Waals surface area contributed by atoms with E-state index in [1.54, 1.807) is 6.20 Å². The average molecular weight is 272 g/mol. The third-order valence-corrected chi connectivity index (χ3v) is 4.00. The number of hydrogen-bond donors (Lipinski definition) is 1. The van der Waals surface area contributed by atoms with Crippen LogP contribution in [0.2, 0.25) is 0 Å². The SMILES string of the molecule is CC1CN(C)CCCN1C(=O)c1ccc2cn[nH]c2c1. The number of amides is 1. The highest BCUT2D eigenvalue weighted by atomic mass is 16.2. The summed E-state index contributed by atoms with van der Waals surface area (Å²) < 4.78 is 0. The van der Waals surface area contributed by atoms with Gasteiger partial charge in [-0.15, -0.1) is 0 Å². The standard InChI is InChI=1S/C15H20N4O/c1-11-10-18(2)6-3-7-19(11)15(20)12-4-5-13-9-16-17-14(13)8-12/h4-5,8-9,11H,3,6-7,10H2,1-2H3,(H,16,17). The highest BCUT2D eigenvalue weighted by molar-refractivity contribution is 5.97. The van der Waals surface area contributed by atoms with Gasteiger partial charge in [-0.1, -0.05) is 6.07 Å². The van der Waals surface area contributed by atoms with Crippen molar-refractivity contribution in [2.45, 2.75) is 19.4 Å². The Labute approximate surface area is 118 Å². The van der Waals surface area contributed by atoms with Gasteiger partial charge in [0.15, 0.2) is 0 Å². The first kappa shape index (κ1) is 13.1. The Balaban J connectivity index is 1.86. The fourth-order valence-corrected chi connectivity index (χ4v) is 2.91. The second-order valence-corrected chi connectivity index (χ2v) is 5.64. The molecule has 1 amide bonds. The van der Waals surface area contributed by atoms with Crippen molar-refractivity contribution in [1.29, 1.82) is 0 Å². The van der Waals surface area contributed by atoms with Crippen LogP contribution in [0, 0.1) is 0 Å². The maximum absolute atomic E-state index is 12.7. The zero-order chi connectivity index (χ0) is 14.1. The molecule has 1 aliphatic rings. The Bertz CT molecular complexity index is 621. The molecule has 0 bridgehead atoms. The highest BCUT2D eigenvalue weighted by Crippen LogP contribution is 2.17. The lowest BCUT2D eigenvalue weighted by Crippen LogP contribution is -2.41. The minimum Gasteiger partial charge on any atom is -0.335 e. The molecule has 1 N–H and O–H groups in total. The number of rotatable bonds is 1. The zero-order valence-corrected chi connectivity index (χ0v) is 12.0. The molecule has 0 radical (unpaired) electrons. The van der Waals surface area contributed by atoms with Gasteiger partial charge in [0, 0.05) is 30.1 Å². The van der Waals surface area contributed by atoms with E-state index in [2.05, 4.69) is 29.1 Å². The van der Waals surface area contributed by atoms with E-state index < -0.39 is 0 Å². The van der Waals surface area contributed by atoms with Crippen LogP contribution in [0.25, 0.3) is 10.9 Å². The van der Waals surface area contributed by atoms with E-state index in [0.29, 0.717) is 0 Å². The van der Waals surface area contributed by atoms with Crippen LogP contribution >= 0.6 is 0 Å². The van der Waals surface area contributed by atoms with Crippen LogP contribution in [0.1, 0.15) is 23.7 Å². The summed E-state index contributed by atoms with van der Waals surface area (Å²) in [6.07, 6.45) is 2.80. The van der Waals surface area contributed by atoms with E-state index in [0.717, 1.165) is 42.5 Å². The number of likely N-dealkylation sites (N-methyl/N-ethyl adjacent to an activating group) is 1. The van der Waals surface area contributed by atoms with Crippen molar-refractivity contribution in [1.82, 2.24) is 20.0 Å². The minimum atomic E-state index is 0.115. The number of carbonyl (C=O) groups excluding carboxylic acids is 1. The lowest BCUT2D eigenvalue weighted by molar-refractivity contribution is 0.0696. The number of fused-ring (bicyclic) bond motifs is 1. The molecule has 3 rings (SSSR count). The molecule has 1 aliphatic heterocycles. The molecule has 106 valence electrons. The van der Waals surface area contributed by atoms with Crippen LogP contribution in [0.3, 0.4) is 0 Å². The van der Waals surface area contributed by atoms with Gasteiger partial charge >= 0.3 is 0 Å². The Hall–Kier alpha value is -1.88. The molecule has 2 aromatic rings. The quantitative estimate of drug-likeness (QED) is 0.860. The number of hydrogen-bond acceptors (Lipinski definition) is 3. The van der Waals surface area contributed by atoms with E-state index in [-0.39, 0.29) is 11.9 Å². The molecule has 20 heavy (non-hydrogen) atoms. The molecule has 1 aromatic heterocycles. The van der Waals surface area contributed by atoms with Gasteiger partial charge in [-0.3, -0.25) is 9.89 Å². The summed E-state index contributed by atoms with van der Waals surface area (Å²) in [5, 5.41) is 7.95. The van der Waals surface area contributed by atoms with E-state index >= 15 is 0 Å². The maximum atomic E-state index is 12.7. The Morgan fingerprint density at radius 1 is 1.40 bits per heavy atom. The molecule has 1 atom stereocenters. The molecular formula is C15H20N4O. The molecule has 1 fully saturated rings. The molecule has 0 saturated carbocycles. The van der Waals surface area contributed by atoms with E-state index in [9.17, 15) is 4.79 Å². The van der Waals surface area contributed by atoms with E-state index in [1.165, 1.54) is 0 Å². The van der Waals surface area contributed by atoms with Crippen molar-refractivity contribution in [3.63, 3.8) is 0 Å². The molecule has 0 spiro atoms. The largest absolute Gasteiger partial charge is 0.335 e. The van der Waals surface area contributed by atoms with Crippen LogP contribution in [0.15, 0.2) is 24.4 Å². The highest BCUT2D eigenvalue weighted by Gasteiger charge is 2.25. The summed E-state index contributed by atoms with van der Waals surface area (Å²) in [4.78, 5) is 17.0. The molecule has 5 nitrogen and oxygen atoms in total. The molecule has 1 unspecified atom stereocenters. The van der Waals surface area contributed by atoms with Crippen molar-refractivity contribution in [3.05, 3.63) is 30.0 Å². The molecule has 1 saturated heterocycles. The summed E-state index contributed by atoms with van der Waals surface area (Å²) in [6, 6.07) is 5.97. The Morgan fingerprint density at radius 3 is 3.10 bits per heavy atom. The van der Waals surface area contributed by atoms with Crippen LogP contribution in [0.4, 0.5) is 0 Å². The van der Waals surface area contributed by atoms with Gasteiger partial charge in [0.1, 0.15) is 0 Å². The van der Waals surface area contributed by atoms with Crippen molar-refractivity contribution in [3.8, 4) is 0 Å². The number of H-pyrrole nitrogens is 1. The summed E-state index contributed by atoms with van der Waals surface area (Å²) in [5.41, 5.74) is 1.65. The topological polar surface area (TPSA) is 52.2 Å². The van der Waals surface area contributed by atoms with Crippen LogP contribution in [-0.2, 0) is 0 Å². The molecular weight excluding hydrogens is 252 g/mol. The fourth-order valence-electron chi connectivity index (χ4n) is 2.91. The van der Waals surface area contributed by atoms with Gasteiger partial charge in [-0.05, 0) is 39.1 Å². The first-order valence-corrected chi connectivity index (χ1v) is 7.08. The first-order chi connectivity index (χ1) is 9.65. The number of aromatic amines is 1. The summed E-state index contributed by atoms with van der Waals surface area (Å²) >= 11 is 0. The smallest absolute Gasteiger partial charge is 0.254 e. The van der Waals surface area contributed by atoms with Gasteiger partial charge in [0.25, 0.3) is 5.91 Å². The normalized spacial score (nSPS) is 21.1. The molecule has 2 heterocycles.